The third kappa shape index (κ3) is 2.20. The van der Waals surface area contributed by atoms with Gasteiger partial charge in [0.2, 0.25) is 0 Å². The van der Waals surface area contributed by atoms with Crippen LogP contribution in [-0.4, -0.2) is 6.61 Å². The zero-order valence-electron chi connectivity index (χ0n) is 12.8. The highest BCUT2D eigenvalue weighted by atomic mass is 79.9. The predicted molar refractivity (Wildman–Crippen MR) is 97.4 cm³/mol. The third-order valence-corrected chi connectivity index (χ3v) is 5.70. The number of ether oxygens (including phenoxy) is 1. The zero-order valence-corrected chi connectivity index (χ0v) is 14.3. The Kier molecular flexibility index (Phi) is 3.02. The van der Waals surface area contributed by atoms with Gasteiger partial charge in [0.25, 0.3) is 0 Å². The highest BCUT2D eigenvalue weighted by Crippen LogP contribution is 2.57. The van der Waals surface area contributed by atoms with Crippen molar-refractivity contribution in [3.63, 3.8) is 0 Å². The van der Waals surface area contributed by atoms with Crippen LogP contribution in [0.25, 0.3) is 10.8 Å². The molecule has 0 N–H and O–H groups in total. The maximum atomic E-state index is 5.98. The van der Waals surface area contributed by atoms with Crippen molar-refractivity contribution in [3.8, 4) is 5.75 Å². The molecule has 5 rings (SSSR count). The van der Waals surface area contributed by atoms with Crippen LogP contribution in [0.3, 0.4) is 0 Å². The lowest BCUT2D eigenvalue weighted by Gasteiger charge is -2.11. The molecule has 1 aliphatic heterocycles. The van der Waals surface area contributed by atoms with Gasteiger partial charge in [0.15, 0.2) is 0 Å². The van der Waals surface area contributed by atoms with Gasteiger partial charge < -0.3 is 4.74 Å². The molecule has 1 nitrogen and oxygen atoms in total. The first-order valence-corrected chi connectivity index (χ1v) is 9.03. The van der Waals surface area contributed by atoms with Crippen molar-refractivity contribution in [3.05, 3.63) is 75.8 Å². The van der Waals surface area contributed by atoms with Gasteiger partial charge in [0.05, 0.1) is 6.61 Å². The first-order chi connectivity index (χ1) is 11.3. The summed E-state index contributed by atoms with van der Waals surface area (Å²) in [5.74, 6) is 2.43. The molecule has 1 fully saturated rings. The van der Waals surface area contributed by atoms with Gasteiger partial charge in [-0.05, 0) is 46.9 Å². The number of rotatable bonds is 2. The number of hydrogen-bond donors (Lipinski definition) is 0. The van der Waals surface area contributed by atoms with Gasteiger partial charge in [-0.2, -0.15) is 0 Å². The summed E-state index contributed by atoms with van der Waals surface area (Å²) in [4.78, 5) is 0. The Labute approximate surface area is 144 Å². The Bertz CT molecular complexity index is 915. The maximum absolute atomic E-state index is 5.98. The van der Waals surface area contributed by atoms with Crippen molar-refractivity contribution < 1.29 is 4.74 Å². The van der Waals surface area contributed by atoms with E-state index < -0.39 is 0 Å². The molecule has 0 saturated heterocycles. The quantitative estimate of drug-likeness (QED) is 0.557. The van der Waals surface area contributed by atoms with Crippen LogP contribution in [0.4, 0.5) is 0 Å². The minimum absolute atomic E-state index is 0.643. The van der Waals surface area contributed by atoms with E-state index >= 15 is 0 Å². The van der Waals surface area contributed by atoms with E-state index in [0.29, 0.717) is 11.8 Å². The van der Waals surface area contributed by atoms with Crippen LogP contribution >= 0.6 is 15.9 Å². The Balaban J connectivity index is 1.60. The standard InChI is InChI=1S/C21H17BrO/c22-15-6-3-5-13(10-15)18-12-20(18)19-11-14-4-1-2-7-16(14)21-17(19)8-9-23-21/h1-7,10-11,18,20H,8-9,12H2/t18-,20-/m1/s1. The van der Waals surface area contributed by atoms with E-state index in [2.05, 4.69) is 70.5 Å². The molecule has 0 bridgehead atoms. The lowest BCUT2D eigenvalue weighted by Crippen LogP contribution is -1.92. The molecule has 0 unspecified atom stereocenters. The minimum Gasteiger partial charge on any atom is -0.492 e. The molecule has 0 aromatic heterocycles. The Morgan fingerprint density at radius 3 is 2.78 bits per heavy atom. The predicted octanol–water partition coefficient (Wildman–Crippen LogP) is 5.81. The molecule has 1 saturated carbocycles. The lowest BCUT2D eigenvalue weighted by molar-refractivity contribution is 0.360. The number of fused-ring (bicyclic) bond motifs is 3. The molecule has 2 atom stereocenters. The van der Waals surface area contributed by atoms with Crippen LogP contribution in [0.1, 0.15) is 34.9 Å². The zero-order chi connectivity index (χ0) is 15.4. The van der Waals surface area contributed by atoms with Crippen molar-refractivity contribution in [2.24, 2.45) is 0 Å². The molecule has 1 heterocycles. The second kappa shape index (κ2) is 5.10. The summed E-state index contributed by atoms with van der Waals surface area (Å²) in [6.07, 6.45) is 2.30. The van der Waals surface area contributed by atoms with Crippen LogP contribution in [0.2, 0.25) is 0 Å². The summed E-state index contributed by atoms with van der Waals surface area (Å²) in [6, 6.07) is 19.8. The molecule has 114 valence electrons. The molecule has 0 amide bonds. The van der Waals surface area contributed by atoms with E-state index in [-0.39, 0.29) is 0 Å². The highest BCUT2D eigenvalue weighted by molar-refractivity contribution is 9.10. The summed E-state index contributed by atoms with van der Waals surface area (Å²) in [5, 5.41) is 2.58. The molecule has 2 aliphatic rings. The summed E-state index contributed by atoms with van der Waals surface area (Å²) in [5.41, 5.74) is 4.41. The van der Waals surface area contributed by atoms with Crippen molar-refractivity contribution in [2.45, 2.75) is 24.7 Å². The molecule has 2 heteroatoms. The second-order valence-corrected chi connectivity index (χ2v) is 7.51. The van der Waals surface area contributed by atoms with E-state index in [9.17, 15) is 0 Å². The third-order valence-electron chi connectivity index (χ3n) is 5.20. The van der Waals surface area contributed by atoms with Gasteiger partial charge in [0.1, 0.15) is 5.75 Å². The molecule has 3 aromatic carbocycles. The van der Waals surface area contributed by atoms with Crippen molar-refractivity contribution in [2.75, 3.05) is 6.61 Å². The van der Waals surface area contributed by atoms with Gasteiger partial charge in [-0.3, -0.25) is 0 Å². The molecule has 3 aromatic rings. The summed E-state index contributed by atoms with van der Waals surface area (Å²) >= 11 is 3.60. The average molecular weight is 365 g/mol. The fraction of sp³-hybridized carbons (Fsp3) is 0.238. The van der Waals surface area contributed by atoms with Crippen LogP contribution < -0.4 is 4.74 Å². The Morgan fingerprint density at radius 2 is 1.87 bits per heavy atom. The number of hydrogen-bond acceptors (Lipinski definition) is 1. The minimum atomic E-state index is 0.643. The molecule has 0 spiro atoms. The van der Waals surface area contributed by atoms with E-state index in [4.69, 9.17) is 4.74 Å². The van der Waals surface area contributed by atoms with Gasteiger partial charge in [-0.1, -0.05) is 58.4 Å². The summed E-state index contributed by atoms with van der Waals surface area (Å²) < 4.78 is 7.16. The number of halogens is 1. The average Bonchev–Trinajstić information content (AvgIpc) is 3.21. The van der Waals surface area contributed by atoms with Crippen LogP contribution in [0.15, 0.2) is 59.1 Å². The van der Waals surface area contributed by atoms with Gasteiger partial charge >= 0.3 is 0 Å². The monoisotopic (exact) mass is 364 g/mol. The molecular weight excluding hydrogens is 348 g/mol. The lowest BCUT2D eigenvalue weighted by atomic mass is 9.94. The normalized spacial score (nSPS) is 22.0. The van der Waals surface area contributed by atoms with E-state index in [1.165, 1.54) is 38.4 Å². The fourth-order valence-corrected chi connectivity index (χ4v) is 4.45. The molecular formula is C21H17BrO. The maximum Gasteiger partial charge on any atom is 0.130 e. The first-order valence-electron chi connectivity index (χ1n) is 8.24. The topological polar surface area (TPSA) is 9.23 Å². The molecule has 23 heavy (non-hydrogen) atoms. The SMILES string of the molecule is Brc1cccc([C@H]2C[C@H]2c2cc3ccccc3c3c2CCO3)c1. The van der Waals surface area contributed by atoms with Crippen LogP contribution in [-0.2, 0) is 6.42 Å². The van der Waals surface area contributed by atoms with Crippen LogP contribution in [0, 0.1) is 0 Å². The van der Waals surface area contributed by atoms with Crippen LogP contribution in [0.5, 0.6) is 5.75 Å². The summed E-state index contributed by atoms with van der Waals surface area (Å²) in [6.45, 7) is 0.824. The van der Waals surface area contributed by atoms with Crippen molar-refractivity contribution >= 4 is 26.7 Å². The number of benzene rings is 3. The van der Waals surface area contributed by atoms with Crippen molar-refractivity contribution in [1.29, 1.82) is 0 Å². The summed E-state index contributed by atoms with van der Waals surface area (Å²) in [7, 11) is 0. The van der Waals surface area contributed by atoms with Gasteiger partial charge in [-0.25, -0.2) is 0 Å². The van der Waals surface area contributed by atoms with E-state index in [1.807, 2.05) is 0 Å². The fourth-order valence-electron chi connectivity index (χ4n) is 4.03. The van der Waals surface area contributed by atoms with Crippen molar-refractivity contribution in [1.82, 2.24) is 0 Å². The van der Waals surface area contributed by atoms with E-state index in [1.54, 1.807) is 0 Å². The Hall–Kier alpha value is -1.80. The van der Waals surface area contributed by atoms with E-state index in [0.717, 1.165) is 18.8 Å². The van der Waals surface area contributed by atoms with Gasteiger partial charge in [-0.15, -0.1) is 0 Å². The second-order valence-electron chi connectivity index (χ2n) is 6.60. The smallest absolute Gasteiger partial charge is 0.130 e. The molecule has 1 aliphatic carbocycles. The molecule has 0 radical (unpaired) electrons. The Morgan fingerprint density at radius 1 is 0.957 bits per heavy atom. The van der Waals surface area contributed by atoms with Gasteiger partial charge in [0, 0.05) is 21.8 Å². The first kappa shape index (κ1) is 13.6. The highest BCUT2D eigenvalue weighted by Gasteiger charge is 2.42. The largest absolute Gasteiger partial charge is 0.492 e.